The lowest BCUT2D eigenvalue weighted by Gasteiger charge is -2.13. The molecule has 92 valence electrons. The quantitative estimate of drug-likeness (QED) is 0.902. The molecule has 0 amide bonds. The second kappa shape index (κ2) is 4.84. The summed E-state index contributed by atoms with van der Waals surface area (Å²) in [6.45, 7) is 5.99. The fourth-order valence-corrected chi connectivity index (χ4v) is 3.36. The number of furan rings is 1. The van der Waals surface area contributed by atoms with Gasteiger partial charge in [0.2, 0.25) is 0 Å². The van der Waals surface area contributed by atoms with Crippen molar-refractivity contribution in [2.75, 3.05) is 7.05 Å². The fraction of sp³-hybridized carbons (Fsp3) is 0.385. The van der Waals surface area contributed by atoms with E-state index < -0.39 is 0 Å². The SMILES string of the molecule is CNC(c1cc(C)c(Cl)s1)c1cc(C)oc1C. The molecule has 0 bridgehead atoms. The standard InChI is InChI=1S/C13H16ClNOS/c1-7-5-11(17-13(7)14)12(15-4)10-6-8(2)16-9(10)3/h5-6,12,15H,1-4H3. The zero-order chi connectivity index (χ0) is 12.6. The summed E-state index contributed by atoms with van der Waals surface area (Å²) in [5, 5.41) is 3.32. The van der Waals surface area contributed by atoms with Gasteiger partial charge in [0, 0.05) is 10.4 Å². The van der Waals surface area contributed by atoms with Crippen molar-refractivity contribution in [2.45, 2.75) is 26.8 Å². The minimum atomic E-state index is 0.156. The van der Waals surface area contributed by atoms with E-state index in [0.717, 1.165) is 21.4 Å². The van der Waals surface area contributed by atoms with Gasteiger partial charge in [-0.25, -0.2) is 0 Å². The Balaban J connectivity index is 2.43. The zero-order valence-corrected chi connectivity index (χ0v) is 12.0. The molecule has 2 aromatic rings. The highest BCUT2D eigenvalue weighted by Gasteiger charge is 2.20. The average molecular weight is 270 g/mol. The lowest BCUT2D eigenvalue weighted by molar-refractivity contribution is 0.497. The number of hydrogen-bond acceptors (Lipinski definition) is 3. The Hall–Kier alpha value is -0.770. The Labute approximate surface area is 111 Å². The fourth-order valence-electron chi connectivity index (χ4n) is 2.01. The summed E-state index contributed by atoms with van der Waals surface area (Å²) in [7, 11) is 1.95. The van der Waals surface area contributed by atoms with Crippen LogP contribution in [0.5, 0.6) is 0 Å². The zero-order valence-electron chi connectivity index (χ0n) is 10.4. The third-order valence-electron chi connectivity index (χ3n) is 2.84. The lowest BCUT2D eigenvalue weighted by atomic mass is 10.1. The first kappa shape index (κ1) is 12.7. The van der Waals surface area contributed by atoms with E-state index in [0.29, 0.717) is 0 Å². The molecule has 4 heteroatoms. The van der Waals surface area contributed by atoms with Gasteiger partial charge in [0.25, 0.3) is 0 Å². The van der Waals surface area contributed by atoms with Crippen LogP contribution >= 0.6 is 22.9 Å². The number of rotatable bonds is 3. The van der Waals surface area contributed by atoms with E-state index in [9.17, 15) is 0 Å². The van der Waals surface area contributed by atoms with Crippen LogP contribution < -0.4 is 5.32 Å². The molecule has 2 rings (SSSR count). The highest BCUT2D eigenvalue weighted by atomic mass is 35.5. The molecular weight excluding hydrogens is 254 g/mol. The van der Waals surface area contributed by atoms with Gasteiger partial charge in [-0.1, -0.05) is 11.6 Å². The van der Waals surface area contributed by atoms with Crippen LogP contribution in [-0.4, -0.2) is 7.05 Å². The van der Waals surface area contributed by atoms with Crippen molar-refractivity contribution in [1.29, 1.82) is 0 Å². The Bertz CT molecular complexity index is 510. The molecule has 0 saturated carbocycles. The van der Waals surface area contributed by atoms with Gasteiger partial charge in [-0.15, -0.1) is 11.3 Å². The van der Waals surface area contributed by atoms with Crippen molar-refractivity contribution in [3.05, 3.63) is 44.0 Å². The van der Waals surface area contributed by atoms with E-state index in [1.165, 1.54) is 10.4 Å². The van der Waals surface area contributed by atoms with Crippen molar-refractivity contribution in [3.8, 4) is 0 Å². The Morgan fingerprint density at radius 3 is 2.41 bits per heavy atom. The summed E-state index contributed by atoms with van der Waals surface area (Å²) < 4.78 is 6.45. The molecule has 0 spiro atoms. The summed E-state index contributed by atoms with van der Waals surface area (Å²) in [4.78, 5) is 1.22. The van der Waals surface area contributed by atoms with Gasteiger partial charge in [-0.05, 0) is 45.5 Å². The van der Waals surface area contributed by atoms with Crippen LogP contribution in [0.1, 0.15) is 33.6 Å². The molecule has 2 nitrogen and oxygen atoms in total. The third kappa shape index (κ3) is 2.41. The van der Waals surface area contributed by atoms with Gasteiger partial charge in [-0.3, -0.25) is 0 Å². The molecule has 2 heterocycles. The molecule has 0 fully saturated rings. The van der Waals surface area contributed by atoms with Crippen molar-refractivity contribution < 1.29 is 4.42 Å². The van der Waals surface area contributed by atoms with Crippen LogP contribution in [0.2, 0.25) is 4.34 Å². The normalized spacial score (nSPS) is 13.0. The Morgan fingerprint density at radius 1 is 1.29 bits per heavy atom. The minimum Gasteiger partial charge on any atom is -0.466 e. The first-order valence-corrected chi connectivity index (χ1v) is 6.72. The molecule has 2 aromatic heterocycles. The van der Waals surface area contributed by atoms with Crippen molar-refractivity contribution in [1.82, 2.24) is 5.32 Å². The van der Waals surface area contributed by atoms with Crippen LogP contribution in [0.4, 0.5) is 0 Å². The molecule has 1 atom stereocenters. The van der Waals surface area contributed by atoms with Crippen molar-refractivity contribution in [2.24, 2.45) is 0 Å². The van der Waals surface area contributed by atoms with Gasteiger partial charge in [0.1, 0.15) is 11.5 Å². The van der Waals surface area contributed by atoms with Crippen LogP contribution in [0.15, 0.2) is 16.5 Å². The van der Waals surface area contributed by atoms with E-state index in [1.807, 2.05) is 27.8 Å². The maximum Gasteiger partial charge on any atom is 0.106 e. The van der Waals surface area contributed by atoms with Gasteiger partial charge in [-0.2, -0.15) is 0 Å². The molecule has 0 aliphatic carbocycles. The maximum atomic E-state index is 6.13. The maximum absolute atomic E-state index is 6.13. The first-order chi connectivity index (χ1) is 8.02. The molecule has 0 aliphatic heterocycles. The van der Waals surface area contributed by atoms with Gasteiger partial charge in [0.15, 0.2) is 0 Å². The van der Waals surface area contributed by atoms with Gasteiger partial charge in [0.05, 0.1) is 10.4 Å². The van der Waals surface area contributed by atoms with Crippen LogP contribution in [0.3, 0.4) is 0 Å². The largest absolute Gasteiger partial charge is 0.466 e. The van der Waals surface area contributed by atoms with Gasteiger partial charge < -0.3 is 9.73 Å². The van der Waals surface area contributed by atoms with E-state index >= 15 is 0 Å². The molecule has 1 N–H and O–H groups in total. The number of thiophene rings is 1. The highest BCUT2D eigenvalue weighted by Crippen LogP contribution is 2.35. The summed E-state index contributed by atoms with van der Waals surface area (Å²) >= 11 is 7.75. The van der Waals surface area contributed by atoms with E-state index in [1.54, 1.807) is 11.3 Å². The first-order valence-electron chi connectivity index (χ1n) is 5.53. The van der Waals surface area contributed by atoms with Crippen LogP contribution in [0.25, 0.3) is 0 Å². The molecular formula is C13H16ClNOS. The molecule has 1 unspecified atom stereocenters. The third-order valence-corrected chi connectivity index (χ3v) is 4.46. The molecule has 0 aliphatic rings. The molecule has 0 saturated heterocycles. The van der Waals surface area contributed by atoms with Gasteiger partial charge >= 0.3 is 0 Å². The number of aryl methyl sites for hydroxylation is 3. The van der Waals surface area contributed by atoms with Crippen LogP contribution in [0, 0.1) is 20.8 Å². The van der Waals surface area contributed by atoms with Crippen molar-refractivity contribution in [3.63, 3.8) is 0 Å². The van der Waals surface area contributed by atoms with Crippen molar-refractivity contribution >= 4 is 22.9 Å². The summed E-state index contributed by atoms with van der Waals surface area (Å²) in [6.07, 6.45) is 0. The highest BCUT2D eigenvalue weighted by molar-refractivity contribution is 7.16. The molecule has 0 aromatic carbocycles. The van der Waals surface area contributed by atoms with E-state index in [2.05, 4.69) is 17.4 Å². The predicted octanol–water partition coefficient (Wildman–Crippen LogP) is 4.23. The van der Waals surface area contributed by atoms with E-state index in [4.69, 9.17) is 16.0 Å². The summed E-state index contributed by atoms with van der Waals surface area (Å²) in [5.74, 6) is 1.90. The number of halogens is 1. The van der Waals surface area contributed by atoms with E-state index in [-0.39, 0.29) is 6.04 Å². The topological polar surface area (TPSA) is 25.2 Å². The Morgan fingerprint density at radius 2 is 2.00 bits per heavy atom. The monoisotopic (exact) mass is 269 g/mol. The minimum absolute atomic E-state index is 0.156. The average Bonchev–Trinajstić information content (AvgIpc) is 2.74. The Kier molecular flexibility index (Phi) is 3.61. The number of hydrogen-bond donors (Lipinski definition) is 1. The summed E-state index contributed by atoms with van der Waals surface area (Å²) in [6, 6.07) is 4.37. The smallest absolute Gasteiger partial charge is 0.106 e. The lowest BCUT2D eigenvalue weighted by Crippen LogP contribution is -2.16. The second-order valence-corrected chi connectivity index (χ2v) is 5.88. The number of nitrogens with one attached hydrogen (secondary N) is 1. The summed E-state index contributed by atoms with van der Waals surface area (Å²) in [5.41, 5.74) is 2.31. The predicted molar refractivity (Wildman–Crippen MR) is 73.2 cm³/mol. The molecule has 0 radical (unpaired) electrons. The van der Waals surface area contributed by atoms with Crippen LogP contribution in [-0.2, 0) is 0 Å². The second-order valence-electron chi connectivity index (χ2n) is 4.20. The molecule has 17 heavy (non-hydrogen) atoms.